The van der Waals surface area contributed by atoms with Gasteiger partial charge in [-0.1, -0.05) is 54.1 Å². The summed E-state index contributed by atoms with van der Waals surface area (Å²) in [5.41, 5.74) is 10.9. The van der Waals surface area contributed by atoms with E-state index in [1.807, 2.05) is 91.9 Å². The number of aromatic nitrogens is 1. The molecule has 0 saturated heterocycles. The van der Waals surface area contributed by atoms with Crippen LogP contribution in [0.3, 0.4) is 0 Å². The van der Waals surface area contributed by atoms with Crippen molar-refractivity contribution in [2.75, 3.05) is 17.7 Å². The third-order valence-corrected chi connectivity index (χ3v) is 5.07. The van der Waals surface area contributed by atoms with Gasteiger partial charge < -0.3 is 15.8 Å². The van der Waals surface area contributed by atoms with E-state index in [-0.39, 0.29) is 5.91 Å². The van der Waals surface area contributed by atoms with Gasteiger partial charge >= 0.3 is 0 Å². The number of nitrogens with two attached hydrogens (primary N) is 1. The van der Waals surface area contributed by atoms with Crippen LogP contribution in [0, 0.1) is 6.92 Å². The Bertz CT molecular complexity index is 1210. The molecule has 0 atom stereocenters. The molecule has 0 aliphatic rings. The zero-order chi connectivity index (χ0) is 22.3. The molecule has 1 heterocycles. The topological polar surface area (TPSA) is 77.2 Å². The van der Waals surface area contributed by atoms with E-state index in [1.54, 1.807) is 6.07 Å². The summed E-state index contributed by atoms with van der Waals surface area (Å²) in [6, 6.07) is 28.8. The monoisotopic (exact) mass is 423 g/mol. The number of hydrogen-bond donors (Lipinski definition) is 2. The highest BCUT2D eigenvalue weighted by atomic mass is 16.5. The number of nitrogens with zero attached hydrogens (tertiary/aromatic N) is 1. The smallest absolute Gasteiger partial charge is 0.256 e. The first-order valence-electron chi connectivity index (χ1n) is 10.5. The van der Waals surface area contributed by atoms with Gasteiger partial charge in [0.05, 0.1) is 6.61 Å². The number of carbonyl (C=O) groups excluding carboxylic acids is 1. The molecule has 0 saturated carbocycles. The van der Waals surface area contributed by atoms with Crippen LogP contribution in [0.2, 0.25) is 0 Å². The second-order valence-corrected chi connectivity index (χ2v) is 7.55. The highest BCUT2D eigenvalue weighted by Gasteiger charge is 2.13. The molecule has 0 fully saturated rings. The number of amides is 1. The molecule has 1 aromatic heterocycles. The normalized spacial score (nSPS) is 10.5. The number of hydrogen-bond acceptors (Lipinski definition) is 4. The maximum absolute atomic E-state index is 13.0. The number of benzene rings is 3. The van der Waals surface area contributed by atoms with Crippen LogP contribution in [0.15, 0.2) is 91.0 Å². The minimum Gasteiger partial charge on any atom is -0.493 e. The summed E-state index contributed by atoms with van der Waals surface area (Å²) in [7, 11) is 0. The van der Waals surface area contributed by atoms with Crippen LogP contribution in [0.4, 0.5) is 11.5 Å². The third kappa shape index (κ3) is 5.32. The Morgan fingerprint density at radius 3 is 2.47 bits per heavy atom. The van der Waals surface area contributed by atoms with Crippen LogP contribution in [0.25, 0.3) is 11.1 Å². The molecule has 0 aliphatic heterocycles. The lowest BCUT2D eigenvalue weighted by Crippen LogP contribution is -2.13. The zero-order valence-corrected chi connectivity index (χ0v) is 17.9. The molecule has 4 rings (SSSR count). The van der Waals surface area contributed by atoms with Crippen molar-refractivity contribution in [2.45, 2.75) is 13.3 Å². The fourth-order valence-corrected chi connectivity index (χ4v) is 3.46. The molecule has 3 N–H and O–H groups in total. The number of pyridine rings is 1. The molecule has 0 unspecified atom stereocenters. The first-order chi connectivity index (χ1) is 15.6. The largest absolute Gasteiger partial charge is 0.493 e. The number of ether oxygens (including phenoxy) is 1. The fraction of sp³-hybridized carbons (Fsp3) is 0.111. The number of aryl methyl sites for hydroxylation is 1. The van der Waals surface area contributed by atoms with Gasteiger partial charge in [-0.25, -0.2) is 4.98 Å². The van der Waals surface area contributed by atoms with E-state index < -0.39 is 0 Å². The summed E-state index contributed by atoms with van der Waals surface area (Å²) in [6.45, 7) is 2.48. The van der Waals surface area contributed by atoms with Crippen LogP contribution in [-0.2, 0) is 6.42 Å². The Morgan fingerprint density at radius 1 is 0.938 bits per heavy atom. The predicted octanol–water partition coefficient (Wildman–Crippen LogP) is 5.51. The maximum Gasteiger partial charge on any atom is 0.256 e. The molecule has 3 aromatic carbocycles. The van der Waals surface area contributed by atoms with Gasteiger partial charge in [-0.3, -0.25) is 4.79 Å². The molecule has 32 heavy (non-hydrogen) atoms. The number of nitrogens with one attached hydrogen (secondary N) is 1. The molecule has 160 valence electrons. The molecule has 5 heteroatoms. The highest BCUT2D eigenvalue weighted by Crippen LogP contribution is 2.26. The van der Waals surface area contributed by atoms with Crippen molar-refractivity contribution in [2.24, 2.45) is 0 Å². The summed E-state index contributed by atoms with van der Waals surface area (Å²) in [4.78, 5) is 17.3. The number of carbonyl (C=O) groups is 1. The van der Waals surface area contributed by atoms with Crippen LogP contribution < -0.4 is 15.8 Å². The molecular formula is C27H25N3O2. The first kappa shape index (κ1) is 21.1. The second kappa shape index (κ2) is 9.79. The van der Waals surface area contributed by atoms with E-state index in [2.05, 4.69) is 10.3 Å². The van der Waals surface area contributed by atoms with Gasteiger partial charge in [-0.15, -0.1) is 0 Å². The van der Waals surface area contributed by atoms with E-state index in [4.69, 9.17) is 10.5 Å². The quantitative estimate of drug-likeness (QED) is 0.411. The summed E-state index contributed by atoms with van der Waals surface area (Å²) >= 11 is 0. The molecule has 5 nitrogen and oxygen atoms in total. The lowest BCUT2D eigenvalue weighted by molar-refractivity contribution is 0.102. The molecule has 4 aromatic rings. The molecule has 0 aliphatic carbocycles. The van der Waals surface area contributed by atoms with E-state index in [9.17, 15) is 4.79 Å². The summed E-state index contributed by atoms with van der Waals surface area (Å²) in [5, 5.41) is 2.99. The van der Waals surface area contributed by atoms with Crippen LogP contribution in [0.5, 0.6) is 5.75 Å². The number of rotatable bonds is 7. The average Bonchev–Trinajstić information content (AvgIpc) is 2.81. The summed E-state index contributed by atoms with van der Waals surface area (Å²) in [6.07, 6.45) is 0.666. The van der Waals surface area contributed by atoms with Gasteiger partial charge in [0, 0.05) is 23.4 Å². The van der Waals surface area contributed by atoms with Gasteiger partial charge in [0.15, 0.2) is 0 Å². The Balaban J connectivity index is 1.40. The van der Waals surface area contributed by atoms with Crippen molar-refractivity contribution >= 4 is 17.4 Å². The summed E-state index contributed by atoms with van der Waals surface area (Å²) in [5.74, 6) is 1.09. The minimum atomic E-state index is -0.144. The van der Waals surface area contributed by atoms with Crippen molar-refractivity contribution < 1.29 is 9.53 Å². The Labute approximate surface area is 187 Å². The van der Waals surface area contributed by atoms with E-state index in [0.29, 0.717) is 30.1 Å². The van der Waals surface area contributed by atoms with Crippen LogP contribution >= 0.6 is 0 Å². The zero-order valence-electron chi connectivity index (χ0n) is 17.9. The maximum atomic E-state index is 13.0. The highest BCUT2D eigenvalue weighted by molar-refractivity contribution is 6.08. The van der Waals surface area contributed by atoms with Crippen molar-refractivity contribution in [3.63, 3.8) is 0 Å². The fourth-order valence-electron chi connectivity index (χ4n) is 3.46. The van der Waals surface area contributed by atoms with Gasteiger partial charge in [-0.2, -0.15) is 0 Å². The lowest BCUT2D eigenvalue weighted by Gasteiger charge is -2.12. The Morgan fingerprint density at radius 2 is 1.72 bits per heavy atom. The SMILES string of the molecule is Cc1ccc(-c2ccccc2)c(C(=O)Nc2ccc(OCCc3cccc(N)n3)cc2)c1. The Hall–Kier alpha value is -4.12. The number of nitrogen functional groups attached to an aromatic ring is 1. The standard InChI is InChI=1S/C27H25N3O2/c1-19-10-15-24(20-6-3-2-4-7-20)25(18-19)27(31)30-22-11-13-23(14-12-22)32-17-16-21-8-5-9-26(28)29-21/h2-15,18H,16-17H2,1H3,(H2,28,29)(H,30,31). The molecule has 0 bridgehead atoms. The van der Waals surface area contributed by atoms with E-state index >= 15 is 0 Å². The van der Waals surface area contributed by atoms with Gasteiger partial charge in [0.25, 0.3) is 5.91 Å². The van der Waals surface area contributed by atoms with Crippen LogP contribution in [0.1, 0.15) is 21.6 Å². The lowest BCUT2D eigenvalue weighted by atomic mass is 9.97. The Kier molecular flexibility index (Phi) is 6.46. The summed E-state index contributed by atoms with van der Waals surface area (Å²) < 4.78 is 5.79. The number of anilines is 2. The molecular weight excluding hydrogens is 398 g/mol. The first-order valence-corrected chi connectivity index (χ1v) is 10.5. The van der Waals surface area contributed by atoms with Gasteiger partial charge in [0.1, 0.15) is 11.6 Å². The van der Waals surface area contributed by atoms with E-state index in [1.165, 1.54) is 0 Å². The van der Waals surface area contributed by atoms with Crippen molar-refractivity contribution in [1.29, 1.82) is 0 Å². The van der Waals surface area contributed by atoms with Gasteiger partial charge in [0.2, 0.25) is 0 Å². The minimum absolute atomic E-state index is 0.144. The van der Waals surface area contributed by atoms with Crippen molar-refractivity contribution in [3.05, 3.63) is 108 Å². The van der Waals surface area contributed by atoms with Crippen molar-refractivity contribution in [1.82, 2.24) is 4.98 Å². The third-order valence-electron chi connectivity index (χ3n) is 5.07. The molecule has 0 spiro atoms. The second-order valence-electron chi connectivity index (χ2n) is 7.55. The van der Waals surface area contributed by atoms with Crippen molar-refractivity contribution in [3.8, 4) is 16.9 Å². The van der Waals surface area contributed by atoms with Crippen LogP contribution in [-0.4, -0.2) is 17.5 Å². The van der Waals surface area contributed by atoms with Gasteiger partial charge in [-0.05, 0) is 60.5 Å². The average molecular weight is 424 g/mol. The predicted molar refractivity (Wildman–Crippen MR) is 129 cm³/mol. The molecule has 1 amide bonds. The van der Waals surface area contributed by atoms with E-state index in [0.717, 1.165) is 28.1 Å². The molecule has 0 radical (unpaired) electrons.